The van der Waals surface area contributed by atoms with Crippen LogP contribution in [0.2, 0.25) is 0 Å². The highest BCUT2D eigenvalue weighted by molar-refractivity contribution is 5.97. The van der Waals surface area contributed by atoms with E-state index in [-0.39, 0.29) is 11.8 Å². The van der Waals surface area contributed by atoms with Crippen LogP contribution >= 0.6 is 0 Å². The highest BCUT2D eigenvalue weighted by Crippen LogP contribution is 2.04. The van der Waals surface area contributed by atoms with E-state index in [0.717, 1.165) is 0 Å². The molecule has 0 fully saturated rings. The van der Waals surface area contributed by atoms with Crippen LogP contribution in [0.1, 0.15) is 20.7 Å². The summed E-state index contributed by atoms with van der Waals surface area (Å²) < 4.78 is 9.70. The Hall–Kier alpha value is -1.92. The molecule has 20 heavy (non-hydrogen) atoms. The SMILES string of the molecule is COCCNC(=O)c1ccc(C(=O)NCCOC)cc1. The van der Waals surface area contributed by atoms with Crippen LogP contribution in [0, 0.1) is 0 Å². The first-order valence-electron chi connectivity index (χ1n) is 6.33. The van der Waals surface area contributed by atoms with Crippen molar-refractivity contribution in [2.45, 2.75) is 0 Å². The molecule has 0 unspecified atom stereocenters. The van der Waals surface area contributed by atoms with Gasteiger partial charge in [-0.15, -0.1) is 0 Å². The van der Waals surface area contributed by atoms with Crippen LogP contribution < -0.4 is 10.6 Å². The maximum atomic E-state index is 11.7. The summed E-state index contributed by atoms with van der Waals surface area (Å²) in [6.45, 7) is 1.83. The van der Waals surface area contributed by atoms with Gasteiger partial charge in [-0.05, 0) is 24.3 Å². The lowest BCUT2D eigenvalue weighted by Gasteiger charge is -2.06. The molecule has 1 aromatic carbocycles. The fourth-order valence-corrected chi connectivity index (χ4v) is 1.51. The van der Waals surface area contributed by atoms with E-state index in [1.165, 1.54) is 0 Å². The highest BCUT2D eigenvalue weighted by atomic mass is 16.5. The van der Waals surface area contributed by atoms with Crippen molar-refractivity contribution < 1.29 is 19.1 Å². The van der Waals surface area contributed by atoms with Gasteiger partial charge in [-0.3, -0.25) is 9.59 Å². The Bertz CT molecular complexity index is 390. The number of methoxy groups -OCH3 is 2. The normalized spacial score (nSPS) is 10.1. The second-order valence-corrected chi connectivity index (χ2v) is 4.07. The third-order valence-corrected chi connectivity index (χ3v) is 2.59. The van der Waals surface area contributed by atoms with Crippen LogP contribution in [-0.4, -0.2) is 52.3 Å². The van der Waals surface area contributed by atoms with Gasteiger partial charge in [-0.2, -0.15) is 0 Å². The van der Waals surface area contributed by atoms with Gasteiger partial charge >= 0.3 is 0 Å². The van der Waals surface area contributed by atoms with Gasteiger partial charge in [0.25, 0.3) is 11.8 Å². The second kappa shape index (κ2) is 9.06. The zero-order valence-corrected chi connectivity index (χ0v) is 11.8. The summed E-state index contributed by atoms with van der Waals surface area (Å²) in [6.07, 6.45) is 0. The minimum atomic E-state index is -0.187. The summed E-state index contributed by atoms with van der Waals surface area (Å²) in [5.74, 6) is -0.373. The van der Waals surface area contributed by atoms with Crippen molar-refractivity contribution in [3.05, 3.63) is 35.4 Å². The minimum absolute atomic E-state index is 0.187. The largest absolute Gasteiger partial charge is 0.383 e. The predicted molar refractivity (Wildman–Crippen MR) is 74.9 cm³/mol. The van der Waals surface area contributed by atoms with Gasteiger partial charge in [0, 0.05) is 38.4 Å². The molecule has 0 saturated heterocycles. The van der Waals surface area contributed by atoms with Crippen LogP contribution in [0.15, 0.2) is 24.3 Å². The molecule has 2 N–H and O–H groups in total. The van der Waals surface area contributed by atoms with Crippen molar-refractivity contribution in [1.82, 2.24) is 10.6 Å². The van der Waals surface area contributed by atoms with Gasteiger partial charge < -0.3 is 20.1 Å². The predicted octanol–water partition coefficient (Wildman–Crippen LogP) is 0.439. The number of nitrogens with one attached hydrogen (secondary N) is 2. The number of hydrogen-bond donors (Lipinski definition) is 2. The number of carbonyl (C=O) groups excluding carboxylic acids is 2. The van der Waals surface area contributed by atoms with Crippen molar-refractivity contribution in [2.75, 3.05) is 40.5 Å². The summed E-state index contributed by atoms with van der Waals surface area (Å²) in [4.78, 5) is 23.5. The van der Waals surface area contributed by atoms with Crippen LogP contribution in [0.3, 0.4) is 0 Å². The number of hydrogen-bond acceptors (Lipinski definition) is 4. The molecule has 2 amide bonds. The van der Waals surface area contributed by atoms with Gasteiger partial charge in [-0.1, -0.05) is 0 Å². The standard InChI is InChI=1S/C14H20N2O4/c1-19-9-7-15-13(17)11-3-5-12(6-4-11)14(18)16-8-10-20-2/h3-6H,7-10H2,1-2H3,(H,15,17)(H,16,18). The van der Waals surface area contributed by atoms with Gasteiger partial charge in [0.1, 0.15) is 0 Å². The van der Waals surface area contributed by atoms with E-state index >= 15 is 0 Å². The van der Waals surface area contributed by atoms with Crippen molar-refractivity contribution in [3.63, 3.8) is 0 Å². The van der Waals surface area contributed by atoms with Gasteiger partial charge in [0.2, 0.25) is 0 Å². The van der Waals surface area contributed by atoms with E-state index in [4.69, 9.17) is 9.47 Å². The number of carbonyl (C=O) groups is 2. The zero-order valence-electron chi connectivity index (χ0n) is 11.8. The third kappa shape index (κ3) is 5.38. The Morgan fingerprint density at radius 1 is 0.850 bits per heavy atom. The lowest BCUT2D eigenvalue weighted by molar-refractivity contribution is 0.0926. The molecule has 0 aliphatic heterocycles. The molecule has 0 aliphatic carbocycles. The third-order valence-electron chi connectivity index (χ3n) is 2.59. The van der Waals surface area contributed by atoms with Crippen LogP contribution in [0.5, 0.6) is 0 Å². The molecule has 0 aromatic heterocycles. The fourth-order valence-electron chi connectivity index (χ4n) is 1.51. The Kier molecular flexibility index (Phi) is 7.31. The van der Waals surface area contributed by atoms with E-state index in [1.54, 1.807) is 38.5 Å². The smallest absolute Gasteiger partial charge is 0.251 e. The van der Waals surface area contributed by atoms with Crippen LogP contribution in [0.25, 0.3) is 0 Å². The monoisotopic (exact) mass is 280 g/mol. The lowest BCUT2D eigenvalue weighted by Crippen LogP contribution is -2.28. The lowest BCUT2D eigenvalue weighted by atomic mass is 10.1. The molecular weight excluding hydrogens is 260 g/mol. The van der Waals surface area contributed by atoms with E-state index in [0.29, 0.717) is 37.4 Å². The molecule has 1 rings (SSSR count). The molecule has 1 aromatic rings. The Morgan fingerprint density at radius 3 is 1.50 bits per heavy atom. The summed E-state index contributed by atoms with van der Waals surface area (Å²) in [6, 6.07) is 6.47. The molecule has 0 heterocycles. The maximum absolute atomic E-state index is 11.7. The van der Waals surface area contributed by atoms with Crippen molar-refractivity contribution in [1.29, 1.82) is 0 Å². The second-order valence-electron chi connectivity index (χ2n) is 4.07. The molecular formula is C14H20N2O4. The maximum Gasteiger partial charge on any atom is 0.251 e. The number of rotatable bonds is 8. The summed E-state index contributed by atoms with van der Waals surface area (Å²) in [5.41, 5.74) is 1.02. The van der Waals surface area contributed by atoms with Crippen molar-refractivity contribution in [2.24, 2.45) is 0 Å². The molecule has 0 bridgehead atoms. The summed E-state index contributed by atoms with van der Waals surface area (Å²) in [5, 5.41) is 5.42. The zero-order chi connectivity index (χ0) is 14.8. The molecule has 0 spiro atoms. The molecule has 6 nitrogen and oxygen atoms in total. The summed E-state index contributed by atoms with van der Waals surface area (Å²) >= 11 is 0. The first kappa shape index (κ1) is 16.1. The minimum Gasteiger partial charge on any atom is -0.383 e. The van der Waals surface area contributed by atoms with E-state index in [2.05, 4.69) is 10.6 Å². The number of amides is 2. The van der Waals surface area contributed by atoms with Crippen LogP contribution in [0.4, 0.5) is 0 Å². The molecule has 0 atom stereocenters. The average molecular weight is 280 g/mol. The van der Waals surface area contributed by atoms with E-state index in [1.807, 2.05) is 0 Å². The topological polar surface area (TPSA) is 76.7 Å². The Morgan fingerprint density at radius 2 is 1.20 bits per heavy atom. The molecule has 0 radical (unpaired) electrons. The Labute approximate surface area is 118 Å². The Balaban J connectivity index is 2.50. The van der Waals surface area contributed by atoms with Gasteiger partial charge in [-0.25, -0.2) is 0 Å². The van der Waals surface area contributed by atoms with Gasteiger partial charge in [0.05, 0.1) is 13.2 Å². The summed E-state index contributed by atoms with van der Waals surface area (Å²) in [7, 11) is 3.15. The molecule has 0 aliphatic rings. The number of ether oxygens (including phenoxy) is 2. The number of benzene rings is 1. The quantitative estimate of drug-likeness (QED) is 0.677. The first-order valence-corrected chi connectivity index (χ1v) is 6.33. The van der Waals surface area contributed by atoms with Crippen molar-refractivity contribution >= 4 is 11.8 Å². The van der Waals surface area contributed by atoms with Crippen molar-refractivity contribution in [3.8, 4) is 0 Å². The average Bonchev–Trinajstić information content (AvgIpc) is 2.47. The fraction of sp³-hybridized carbons (Fsp3) is 0.429. The highest BCUT2D eigenvalue weighted by Gasteiger charge is 2.08. The van der Waals surface area contributed by atoms with Crippen LogP contribution in [-0.2, 0) is 9.47 Å². The first-order chi connectivity index (χ1) is 9.69. The molecule has 0 saturated carbocycles. The molecule has 110 valence electrons. The van der Waals surface area contributed by atoms with E-state index < -0.39 is 0 Å². The van der Waals surface area contributed by atoms with Gasteiger partial charge in [0.15, 0.2) is 0 Å². The van der Waals surface area contributed by atoms with E-state index in [9.17, 15) is 9.59 Å². The molecule has 6 heteroatoms.